The Morgan fingerprint density at radius 2 is 2.08 bits per heavy atom. The molecule has 0 rings (SSSR count). The van der Waals surface area contributed by atoms with Crippen LogP contribution in [0.2, 0.25) is 0 Å². The van der Waals surface area contributed by atoms with Crippen LogP contribution in [0.25, 0.3) is 0 Å². The molecule has 0 spiro atoms. The molecule has 5 nitrogen and oxygen atoms in total. The standard InChI is InChI=1S/C6H12O5S/c1-11-5(6(7)8)3-4-12(2,9)10/h5H,3-4H2,1-2H3,(H,7,8). The summed E-state index contributed by atoms with van der Waals surface area (Å²) in [6.07, 6.45) is 0.0198. The minimum absolute atomic E-state index is 0.00926. The molecule has 0 aromatic heterocycles. The van der Waals surface area contributed by atoms with Crippen molar-refractivity contribution in [2.45, 2.75) is 12.5 Å². The van der Waals surface area contributed by atoms with Crippen molar-refractivity contribution in [2.75, 3.05) is 19.1 Å². The SMILES string of the molecule is COC(CCS(C)(=O)=O)C(=O)O. The topological polar surface area (TPSA) is 80.7 Å². The van der Waals surface area contributed by atoms with Crippen molar-refractivity contribution >= 4 is 15.8 Å². The first-order valence-electron chi connectivity index (χ1n) is 3.30. The monoisotopic (exact) mass is 196 g/mol. The first kappa shape index (κ1) is 11.4. The van der Waals surface area contributed by atoms with E-state index < -0.39 is 21.9 Å². The molecule has 0 aromatic rings. The van der Waals surface area contributed by atoms with Crippen LogP contribution in [-0.4, -0.2) is 44.7 Å². The Balaban J connectivity index is 3.98. The van der Waals surface area contributed by atoms with Crippen molar-refractivity contribution in [3.8, 4) is 0 Å². The van der Waals surface area contributed by atoms with Gasteiger partial charge in [0.25, 0.3) is 0 Å². The second-order valence-corrected chi connectivity index (χ2v) is 4.74. The average molecular weight is 196 g/mol. The highest BCUT2D eigenvalue weighted by Crippen LogP contribution is 1.99. The number of carboxylic acids is 1. The number of sulfone groups is 1. The molecule has 0 aromatic carbocycles. The van der Waals surface area contributed by atoms with Crippen LogP contribution in [0.4, 0.5) is 0 Å². The summed E-state index contributed by atoms with van der Waals surface area (Å²) in [7, 11) is -1.87. The van der Waals surface area contributed by atoms with Crippen LogP contribution in [0.3, 0.4) is 0 Å². The van der Waals surface area contributed by atoms with Gasteiger partial charge in [-0.3, -0.25) is 0 Å². The molecule has 0 saturated heterocycles. The van der Waals surface area contributed by atoms with Gasteiger partial charge in [-0.25, -0.2) is 13.2 Å². The van der Waals surface area contributed by atoms with E-state index in [9.17, 15) is 13.2 Å². The van der Waals surface area contributed by atoms with E-state index in [1.165, 1.54) is 7.11 Å². The molecular weight excluding hydrogens is 184 g/mol. The van der Waals surface area contributed by atoms with Gasteiger partial charge < -0.3 is 9.84 Å². The Bertz CT molecular complexity index is 243. The summed E-state index contributed by atoms with van der Waals surface area (Å²) in [4.78, 5) is 10.3. The normalized spacial score (nSPS) is 14.2. The number of hydrogen-bond donors (Lipinski definition) is 1. The summed E-state index contributed by atoms with van der Waals surface area (Å²) in [5.74, 6) is -1.31. The van der Waals surface area contributed by atoms with Crippen molar-refractivity contribution in [1.29, 1.82) is 0 Å². The van der Waals surface area contributed by atoms with E-state index >= 15 is 0 Å². The van der Waals surface area contributed by atoms with E-state index in [4.69, 9.17) is 5.11 Å². The molecule has 0 heterocycles. The largest absolute Gasteiger partial charge is 0.479 e. The second-order valence-electron chi connectivity index (χ2n) is 2.48. The number of aliphatic carboxylic acids is 1. The molecule has 12 heavy (non-hydrogen) atoms. The Labute approximate surface area is 71.3 Å². The first-order chi connectivity index (χ1) is 5.37. The molecule has 0 radical (unpaired) electrons. The number of hydrogen-bond acceptors (Lipinski definition) is 4. The van der Waals surface area contributed by atoms with Gasteiger partial charge in [-0.1, -0.05) is 0 Å². The van der Waals surface area contributed by atoms with Gasteiger partial charge >= 0.3 is 5.97 Å². The Hall–Kier alpha value is -0.620. The van der Waals surface area contributed by atoms with Gasteiger partial charge in [0.05, 0.1) is 5.75 Å². The third kappa shape index (κ3) is 5.09. The van der Waals surface area contributed by atoms with Gasteiger partial charge in [0.1, 0.15) is 9.84 Å². The zero-order valence-corrected chi connectivity index (χ0v) is 7.80. The van der Waals surface area contributed by atoms with E-state index in [0.717, 1.165) is 6.26 Å². The minimum atomic E-state index is -3.11. The molecule has 0 saturated carbocycles. The van der Waals surface area contributed by atoms with E-state index in [1.54, 1.807) is 0 Å². The van der Waals surface area contributed by atoms with Crippen LogP contribution in [-0.2, 0) is 19.4 Å². The summed E-state index contributed by atoms with van der Waals surface area (Å²) in [6.45, 7) is 0. The van der Waals surface area contributed by atoms with Gasteiger partial charge in [-0.15, -0.1) is 0 Å². The summed E-state index contributed by atoms with van der Waals surface area (Å²) < 4.78 is 25.8. The average Bonchev–Trinajstić information content (AvgIpc) is 1.85. The lowest BCUT2D eigenvalue weighted by Crippen LogP contribution is -2.25. The fourth-order valence-electron chi connectivity index (χ4n) is 0.663. The summed E-state index contributed by atoms with van der Waals surface area (Å²) >= 11 is 0. The molecule has 72 valence electrons. The van der Waals surface area contributed by atoms with Crippen LogP contribution >= 0.6 is 0 Å². The highest BCUT2D eigenvalue weighted by atomic mass is 32.2. The molecule has 0 aliphatic heterocycles. The van der Waals surface area contributed by atoms with Crippen molar-refractivity contribution in [1.82, 2.24) is 0 Å². The number of ether oxygens (including phenoxy) is 1. The van der Waals surface area contributed by atoms with Crippen molar-refractivity contribution < 1.29 is 23.1 Å². The van der Waals surface area contributed by atoms with Crippen LogP contribution in [0, 0.1) is 0 Å². The molecule has 1 unspecified atom stereocenters. The maximum absolute atomic E-state index is 10.6. The molecule has 0 aliphatic rings. The Morgan fingerprint density at radius 1 is 1.58 bits per heavy atom. The van der Waals surface area contributed by atoms with E-state index in [-0.39, 0.29) is 12.2 Å². The van der Waals surface area contributed by atoms with Gasteiger partial charge in [0.15, 0.2) is 6.10 Å². The lowest BCUT2D eigenvalue weighted by Gasteiger charge is -2.08. The van der Waals surface area contributed by atoms with Gasteiger partial charge in [-0.2, -0.15) is 0 Å². The fourth-order valence-corrected chi connectivity index (χ4v) is 1.31. The van der Waals surface area contributed by atoms with Gasteiger partial charge in [0.2, 0.25) is 0 Å². The van der Waals surface area contributed by atoms with Gasteiger partial charge in [0, 0.05) is 13.4 Å². The summed E-state index contributed by atoms with van der Waals surface area (Å²) in [5, 5.41) is 8.45. The lowest BCUT2D eigenvalue weighted by molar-refractivity contribution is -0.148. The molecule has 1 atom stereocenters. The highest BCUT2D eigenvalue weighted by Gasteiger charge is 2.18. The predicted molar refractivity (Wildman–Crippen MR) is 42.8 cm³/mol. The van der Waals surface area contributed by atoms with Crippen molar-refractivity contribution in [2.24, 2.45) is 0 Å². The number of carbonyl (C=O) groups is 1. The molecule has 6 heteroatoms. The third-order valence-corrected chi connectivity index (χ3v) is 2.29. The first-order valence-corrected chi connectivity index (χ1v) is 5.36. The van der Waals surface area contributed by atoms with Crippen LogP contribution < -0.4 is 0 Å². The number of methoxy groups -OCH3 is 1. The molecule has 0 aliphatic carbocycles. The fraction of sp³-hybridized carbons (Fsp3) is 0.833. The Morgan fingerprint density at radius 3 is 2.33 bits per heavy atom. The zero-order chi connectivity index (χ0) is 9.78. The second kappa shape index (κ2) is 4.42. The summed E-state index contributed by atoms with van der Waals surface area (Å²) in [6, 6.07) is 0. The highest BCUT2D eigenvalue weighted by molar-refractivity contribution is 7.90. The Kier molecular flexibility index (Phi) is 4.19. The van der Waals surface area contributed by atoms with Crippen LogP contribution in [0.15, 0.2) is 0 Å². The molecule has 0 bridgehead atoms. The van der Waals surface area contributed by atoms with E-state index in [0.29, 0.717) is 0 Å². The van der Waals surface area contributed by atoms with E-state index in [1.807, 2.05) is 0 Å². The third-order valence-electron chi connectivity index (χ3n) is 1.31. The molecular formula is C6H12O5S. The maximum atomic E-state index is 10.6. The van der Waals surface area contributed by atoms with Crippen LogP contribution in [0.5, 0.6) is 0 Å². The molecule has 0 fully saturated rings. The number of rotatable bonds is 5. The van der Waals surface area contributed by atoms with Crippen molar-refractivity contribution in [3.05, 3.63) is 0 Å². The molecule has 0 amide bonds. The lowest BCUT2D eigenvalue weighted by atomic mass is 10.3. The minimum Gasteiger partial charge on any atom is -0.479 e. The quantitative estimate of drug-likeness (QED) is 0.642. The summed E-state index contributed by atoms with van der Waals surface area (Å²) in [5.41, 5.74) is 0. The predicted octanol–water partition coefficient (Wildman–Crippen LogP) is -0.479. The smallest absolute Gasteiger partial charge is 0.332 e. The number of carboxylic acid groups (broad SMARTS) is 1. The van der Waals surface area contributed by atoms with Crippen LogP contribution in [0.1, 0.15) is 6.42 Å². The maximum Gasteiger partial charge on any atom is 0.332 e. The van der Waals surface area contributed by atoms with Gasteiger partial charge in [-0.05, 0) is 6.42 Å². The van der Waals surface area contributed by atoms with Crippen molar-refractivity contribution in [3.63, 3.8) is 0 Å². The van der Waals surface area contributed by atoms with E-state index in [2.05, 4.69) is 4.74 Å². The zero-order valence-electron chi connectivity index (χ0n) is 6.98. The molecule has 1 N–H and O–H groups in total.